The van der Waals surface area contributed by atoms with Crippen LogP contribution in [0.3, 0.4) is 0 Å². The van der Waals surface area contributed by atoms with Crippen LogP contribution in [-0.4, -0.2) is 20.5 Å². The highest BCUT2D eigenvalue weighted by molar-refractivity contribution is 5.93. The summed E-state index contributed by atoms with van der Waals surface area (Å²) in [7, 11) is 0. The first kappa shape index (κ1) is 18.4. The quantitative estimate of drug-likeness (QED) is 0.539. The van der Waals surface area contributed by atoms with Crippen LogP contribution >= 0.6 is 0 Å². The van der Waals surface area contributed by atoms with Crippen LogP contribution in [0.5, 0.6) is 0 Å². The third-order valence-corrected chi connectivity index (χ3v) is 4.83. The molecule has 144 valence electrons. The van der Waals surface area contributed by atoms with Crippen LogP contribution in [0.4, 0.5) is 5.69 Å². The van der Waals surface area contributed by atoms with Gasteiger partial charge in [-0.15, -0.1) is 0 Å². The highest BCUT2D eigenvalue weighted by Gasteiger charge is 2.15. The Kier molecular flexibility index (Phi) is 4.56. The Morgan fingerprint density at radius 3 is 2.90 bits per heavy atom. The first-order chi connectivity index (χ1) is 14.0. The SMILES string of the molecule is Cc1nc2c(C#N)cnn2c(C)c1CCC(=O)Nc1ccc2oc(=O)ccc2c1. The summed E-state index contributed by atoms with van der Waals surface area (Å²) < 4.78 is 6.73. The molecule has 0 unspecified atom stereocenters. The molecule has 8 nitrogen and oxygen atoms in total. The molecular weight excluding hydrogens is 370 g/mol. The Balaban J connectivity index is 1.50. The lowest BCUT2D eigenvalue weighted by Crippen LogP contribution is -2.14. The highest BCUT2D eigenvalue weighted by Crippen LogP contribution is 2.20. The molecule has 0 radical (unpaired) electrons. The van der Waals surface area contributed by atoms with Gasteiger partial charge in [0.2, 0.25) is 5.91 Å². The van der Waals surface area contributed by atoms with Gasteiger partial charge in [-0.2, -0.15) is 10.4 Å². The van der Waals surface area contributed by atoms with Gasteiger partial charge in [0, 0.05) is 34.9 Å². The van der Waals surface area contributed by atoms with E-state index in [-0.39, 0.29) is 12.3 Å². The number of aryl methyl sites for hydroxylation is 2. The van der Waals surface area contributed by atoms with Crippen molar-refractivity contribution in [2.45, 2.75) is 26.7 Å². The molecule has 4 rings (SSSR count). The average Bonchev–Trinajstić information content (AvgIpc) is 3.11. The van der Waals surface area contributed by atoms with Crippen LogP contribution in [0.15, 0.2) is 45.7 Å². The minimum atomic E-state index is -0.412. The molecule has 29 heavy (non-hydrogen) atoms. The molecule has 0 aliphatic carbocycles. The van der Waals surface area contributed by atoms with E-state index < -0.39 is 5.63 Å². The molecule has 8 heteroatoms. The van der Waals surface area contributed by atoms with E-state index in [4.69, 9.17) is 9.68 Å². The van der Waals surface area contributed by atoms with Gasteiger partial charge in [0.15, 0.2) is 5.65 Å². The average molecular weight is 387 g/mol. The van der Waals surface area contributed by atoms with E-state index in [1.807, 2.05) is 13.8 Å². The van der Waals surface area contributed by atoms with Gasteiger partial charge in [0.1, 0.15) is 17.2 Å². The predicted molar refractivity (Wildman–Crippen MR) is 107 cm³/mol. The first-order valence-electron chi connectivity index (χ1n) is 9.04. The molecule has 3 aromatic heterocycles. The lowest BCUT2D eigenvalue weighted by Gasteiger charge is -2.11. The number of aromatic nitrogens is 3. The molecule has 0 spiro atoms. The van der Waals surface area contributed by atoms with E-state index in [0.29, 0.717) is 28.9 Å². The fourth-order valence-corrected chi connectivity index (χ4v) is 3.36. The first-order valence-corrected chi connectivity index (χ1v) is 9.04. The Labute approximate surface area is 165 Å². The summed E-state index contributed by atoms with van der Waals surface area (Å²) in [4.78, 5) is 28.2. The van der Waals surface area contributed by atoms with Crippen molar-refractivity contribution in [1.82, 2.24) is 14.6 Å². The van der Waals surface area contributed by atoms with Crippen LogP contribution in [0.2, 0.25) is 0 Å². The predicted octanol–water partition coefficient (Wildman–Crippen LogP) is 2.90. The van der Waals surface area contributed by atoms with Gasteiger partial charge in [0.25, 0.3) is 0 Å². The molecule has 0 fully saturated rings. The minimum absolute atomic E-state index is 0.140. The number of nitrogens with one attached hydrogen (secondary N) is 1. The van der Waals surface area contributed by atoms with Crippen molar-refractivity contribution < 1.29 is 9.21 Å². The number of hydrogen-bond acceptors (Lipinski definition) is 6. The molecule has 4 aromatic rings. The number of carbonyl (C=O) groups excluding carboxylic acids is 1. The summed E-state index contributed by atoms with van der Waals surface area (Å²) in [6.45, 7) is 3.77. The molecule has 0 aliphatic heterocycles. The number of benzene rings is 1. The maximum Gasteiger partial charge on any atom is 0.336 e. The summed E-state index contributed by atoms with van der Waals surface area (Å²) in [5, 5.41) is 17.0. The number of amides is 1. The van der Waals surface area contributed by atoms with Crippen LogP contribution in [0, 0.1) is 25.2 Å². The van der Waals surface area contributed by atoms with Gasteiger partial charge in [-0.05, 0) is 50.1 Å². The standard InChI is InChI=1S/C21H17N5O3/c1-12-17(13(2)26-21(24-12)15(10-22)11-23-26)5-7-19(27)25-16-4-6-18-14(9-16)3-8-20(28)29-18/h3-4,6,8-9,11H,5,7H2,1-2H3,(H,25,27). The normalized spacial score (nSPS) is 10.9. The van der Waals surface area contributed by atoms with Crippen molar-refractivity contribution in [1.29, 1.82) is 5.26 Å². The Morgan fingerprint density at radius 1 is 1.28 bits per heavy atom. The molecule has 1 amide bonds. The van der Waals surface area contributed by atoms with Gasteiger partial charge in [-0.1, -0.05) is 0 Å². The third-order valence-electron chi connectivity index (χ3n) is 4.83. The van der Waals surface area contributed by atoms with Crippen LogP contribution < -0.4 is 10.9 Å². The van der Waals surface area contributed by atoms with E-state index in [2.05, 4.69) is 21.5 Å². The third kappa shape index (κ3) is 3.46. The zero-order valence-electron chi connectivity index (χ0n) is 15.9. The number of anilines is 1. The van der Waals surface area contributed by atoms with Gasteiger partial charge in [0.05, 0.1) is 6.20 Å². The monoisotopic (exact) mass is 387 g/mol. The van der Waals surface area contributed by atoms with E-state index in [1.54, 1.807) is 28.8 Å². The zero-order valence-corrected chi connectivity index (χ0v) is 15.9. The van der Waals surface area contributed by atoms with Crippen LogP contribution in [0.25, 0.3) is 16.6 Å². The van der Waals surface area contributed by atoms with E-state index in [9.17, 15) is 9.59 Å². The Bertz CT molecular complexity index is 1360. The zero-order chi connectivity index (χ0) is 20.5. The topological polar surface area (TPSA) is 113 Å². The van der Waals surface area contributed by atoms with Crippen LogP contribution in [-0.2, 0) is 11.2 Å². The van der Waals surface area contributed by atoms with Crippen molar-refractivity contribution in [3.63, 3.8) is 0 Å². The van der Waals surface area contributed by atoms with Crippen molar-refractivity contribution in [2.75, 3.05) is 5.32 Å². The number of fused-ring (bicyclic) bond motifs is 2. The number of nitrogens with zero attached hydrogens (tertiary/aromatic N) is 4. The summed E-state index contributed by atoms with van der Waals surface area (Å²) >= 11 is 0. The fraction of sp³-hybridized carbons (Fsp3) is 0.190. The molecular formula is C21H17N5O3. The van der Waals surface area contributed by atoms with E-state index >= 15 is 0 Å². The second kappa shape index (κ2) is 7.20. The lowest BCUT2D eigenvalue weighted by molar-refractivity contribution is -0.116. The second-order valence-corrected chi connectivity index (χ2v) is 6.72. The smallest absolute Gasteiger partial charge is 0.336 e. The fourth-order valence-electron chi connectivity index (χ4n) is 3.36. The second-order valence-electron chi connectivity index (χ2n) is 6.72. The van der Waals surface area contributed by atoms with Gasteiger partial charge in [-0.3, -0.25) is 4.79 Å². The molecule has 0 saturated carbocycles. The molecule has 1 N–H and O–H groups in total. The van der Waals surface area contributed by atoms with Crippen molar-refractivity contribution in [3.8, 4) is 6.07 Å². The molecule has 0 atom stereocenters. The lowest BCUT2D eigenvalue weighted by atomic mass is 10.1. The number of nitriles is 1. The Hall–Kier alpha value is -3.99. The molecule has 0 bridgehead atoms. The largest absolute Gasteiger partial charge is 0.423 e. The molecule has 3 heterocycles. The molecule has 0 aliphatic rings. The summed E-state index contributed by atoms with van der Waals surface area (Å²) in [5.41, 5.74) is 4.21. The maximum absolute atomic E-state index is 12.4. The number of hydrogen-bond donors (Lipinski definition) is 1. The minimum Gasteiger partial charge on any atom is -0.423 e. The summed E-state index contributed by atoms with van der Waals surface area (Å²) in [6.07, 6.45) is 2.26. The highest BCUT2D eigenvalue weighted by atomic mass is 16.4. The van der Waals surface area contributed by atoms with Crippen molar-refractivity contribution in [3.05, 3.63) is 69.5 Å². The van der Waals surface area contributed by atoms with Gasteiger partial charge >= 0.3 is 5.63 Å². The summed E-state index contributed by atoms with van der Waals surface area (Å²) in [6, 6.07) is 10.2. The summed E-state index contributed by atoms with van der Waals surface area (Å²) in [5.74, 6) is -0.140. The Morgan fingerprint density at radius 2 is 2.10 bits per heavy atom. The van der Waals surface area contributed by atoms with Crippen molar-refractivity contribution in [2.24, 2.45) is 0 Å². The van der Waals surface area contributed by atoms with E-state index in [0.717, 1.165) is 22.3 Å². The van der Waals surface area contributed by atoms with Crippen molar-refractivity contribution >= 4 is 28.2 Å². The van der Waals surface area contributed by atoms with Gasteiger partial charge in [-0.25, -0.2) is 14.3 Å². The molecule has 0 saturated heterocycles. The number of carbonyl (C=O) groups is 1. The maximum atomic E-state index is 12.4. The van der Waals surface area contributed by atoms with Gasteiger partial charge < -0.3 is 9.73 Å². The molecule has 1 aromatic carbocycles. The van der Waals surface area contributed by atoms with Crippen LogP contribution in [0.1, 0.15) is 28.9 Å². The van der Waals surface area contributed by atoms with E-state index in [1.165, 1.54) is 12.3 Å². The number of rotatable bonds is 4.